The Labute approximate surface area is 95.1 Å². The summed E-state index contributed by atoms with van der Waals surface area (Å²) in [7, 11) is 1.95. The monoisotopic (exact) mass is 217 g/mol. The average Bonchev–Trinajstić information content (AvgIpc) is 2.81. The average molecular weight is 217 g/mol. The highest BCUT2D eigenvalue weighted by atomic mass is 15.3. The summed E-state index contributed by atoms with van der Waals surface area (Å²) in [6, 6.07) is 4.33. The van der Waals surface area contributed by atoms with Crippen molar-refractivity contribution in [1.82, 2.24) is 15.5 Å². The molecule has 1 N–H and O–H groups in total. The number of nitrogens with one attached hydrogen (secondary N) is 1. The summed E-state index contributed by atoms with van der Waals surface area (Å²) in [6.45, 7) is 1.96. The molecule has 16 heavy (non-hydrogen) atoms. The Hall–Kier alpha value is -1.67. The van der Waals surface area contributed by atoms with Gasteiger partial charge in [0.1, 0.15) is 6.07 Å². The fourth-order valence-electron chi connectivity index (χ4n) is 2.02. The summed E-state index contributed by atoms with van der Waals surface area (Å²) >= 11 is 0. The van der Waals surface area contributed by atoms with Gasteiger partial charge < -0.3 is 10.2 Å². The van der Waals surface area contributed by atoms with E-state index in [4.69, 9.17) is 5.26 Å². The van der Waals surface area contributed by atoms with Crippen LogP contribution in [0.15, 0.2) is 12.3 Å². The summed E-state index contributed by atoms with van der Waals surface area (Å²) in [6.07, 6.45) is 3.96. The van der Waals surface area contributed by atoms with Gasteiger partial charge in [0, 0.05) is 19.6 Å². The molecule has 84 valence electrons. The second-order valence-electron chi connectivity index (χ2n) is 4.05. The van der Waals surface area contributed by atoms with Crippen LogP contribution in [-0.2, 0) is 0 Å². The second-order valence-corrected chi connectivity index (χ2v) is 4.05. The number of anilines is 1. The number of likely N-dealkylation sites (N-methyl/N-ethyl adjacent to an activating group) is 1. The largest absolute Gasteiger partial charge is 0.356 e. The molecule has 1 aliphatic heterocycles. The van der Waals surface area contributed by atoms with Crippen molar-refractivity contribution in [3.63, 3.8) is 0 Å². The van der Waals surface area contributed by atoms with Crippen LogP contribution < -0.4 is 10.2 Å². The minimum absolute atomic E-state index is 0.499. The normalized spacial score (nSPS) is 19.4. The predicted molar refractivity (Wildman–Crippen MR) is 61.0 cm³/mol. The summed E-state index contributed by atoms with van der Waals surface area (Å²) in [5.74, 6) is 0.665. The molecule has 0 spiro atoms. The van der Waals surface area contributed by atoms with Crippen molar-refractivity contribution < 1.29 is 0 Å². The second kappa shape index (κ2) is 4.90. The quantitative estimate of drug-likeness (QED) is 0.800. The number of nitriles is 1. The zero-order valence-electron chi connectivity index (χ0n) is 9.35. The molecule has 0 bridgehead atoms. The lowest BCUT2D eigenvalue weighted by atomic mass is 10.2. The smallest absolute Gasteiger partial charge is 0.169 e. The van der Waals surface area contributed by atoms with Crippen molar-refractivity contribution in [2.75, 3.05) is 25.0 Å². The van der Waals surface area contributed by atoms with Gasteiger partial charge in [-0.05, 0) is 25.5 Å². The lowest BCUT2D eigenvalue weighted by Gasteiger charge is -2.22. The fourth-order valence-corrected chi connectivity index (χ4v) is 2.02. The third kappa shape index (κ3) is 2.28. The summed E-state index contributed by atoms with van der Waals surface area (Å²) in [5, 5.41) is 20.2. The lowest BCUT2D eigenvalue weighted by molar-refractivity contribution is 0.596. The Morgan fingerprint density at radius 3 is 3.25 bits per heavy atom. The molecular weight excluding hydrogens is 202 g/mol. The number of aromatic nitrogens is 2. The molecule has 1 unspecified atom stereocenters. The van der Waals surface area contributed by atoms with Gasteiger partial charge in [-0.1, -0.05) is 0 Å². The summed E-state index contributed by atoms with van der Waals surface area (Å²) in [5.41, 5.74) is 0.579. The highest BCUT2D eigenvalue weighted by molar-refractivity contribution is 5.51. The molecule has 5 heteroatoms. The van der Waals surface area contributed by atoms with E-state index in [1.807, 2.05) is 11.9 Å². The van der Waals surface area contributed by atoms with E-state index in [1.165, 1.54) is 12.8 Å². The third-order valence-electron chi connectivity index (χ3n) is 2.84. The van der Waals surface area contributed by atoms with Gasteiger partial charge in [-0.25, -0.2) is 0 Å². The number of rotatable bonds is 3. The first kappa shape index (κ1) is 10.8. The van der Waals surface area contributed by atoms with Crippen LogP contribution in [0.2, 0.25) is 0 Å². The molecule has 0 saturated carbocycles. The minimum Gasteiger partial charge on any atom is -0.356 e. The Kier molecular flexibility index (Phi) is 3.32. The van der Waals surface area contributed by atoms with E-state index in [2.05, 4.69) is 21.6 Å². The van der Waals surface area contributed by atoms with Crippen molar-refractivity contribution >= 4 is 5.82 Å². The first-order valence-corrected chi connectivity index (χ1v) is 5.47. The third-order valence-corrected chi connectivity index (χ3v) is 2.84. The van der Waals surface area contributed by atoms with Gasteiger partial charge in [-0.3, -0.25) is 0 Å². The van der Waals surface area contributed by atoms with Crippen LogP contribution in [0.4, 0.5) is 5.82 Å². The van der Waals surface area contributed by atoms with Crippen LogP contribution in [0.5, 0.6) is 0 Å². The van der Waals surface area contributed by atoms with E-state index >= 15 is 0 Å². The SMILES string of the molecule is CN(CC1CCCN1)c1nnccc1C#N. The lowest BCUT2D eigenvalue weighted by Crippen LogP contribution is -2.36. The Morgan fingerprint density at radius 2 is 2.56 bits per heavy atom. The molecule has 0 aliphatic carbocycles. The maximum atomic E-state index is 8.97. The molecule has 1 aromatic heterocycles. The van der Waals surface area contributed by atoms with Gasteiger partial charge in [0.2, 0.25) is 0 Å². The van der Waals surface area contributed by atoms with Crippen LogP contribution in [0.1, 0.15) is 18.4 Å². The first-order valence-electron chi connectivity index (χ1n) is 5.47. The van der Waals surface area contributed by atoms with Gasteiger partial charge in [0.05, 0.1) is 11.8 Å². The number of hydrogen-bond acceptors (Lipinski definition) is 5. The highest BCUT2D eigenvalue weighted by Crippen LogP contribution is 2.15. The summed E-state index contributed by atoms with van der Waals surface area (Å²) < 4.78 is 0. The molecule has 1 saturated heterocycles. The maximum Gasteiger partial charge on any atom is 0.169 e. The van der Waals surface area contributed by atoms with Crippen molar-refractivity contribution in [3.8, 4) is 6.07 Å². The highest BCUT2D eigenvalue weighted by Gasteiger charge is 2.18. The Balaban J connectivity index is 2.08. The van der Waals surface area contributed by atoms with E-state index < -0.39 is 0 Å². The van der Waals surface area contributed by atoms with E-state index in [0.717, 1.165) is 13.1 Å². The van der Waals surface area contributed by atoms with Crippen LogP contribution in [-0.4, -0.2) is 36.4 Å². The molecule has 1 aliphatic rings. The van der Waals surface area contributed by atoms with Gasteiger partial charge >= 0.3 is 0 Å². The number of hydrogen-bond donors (Lipinski definition) is 1. The van der Waals surface area contributed by atoms with Gasteiger partial charge in [0.25, 0.3) is 0 Å². The van der Waals surface area contributed by atoms with Crippen molar-refractivity contribution in [3.05, 3.63) is 17.8 Å². The van der Waals surface area contributed by atoms with E-state index in [-0.39, 0.29) is 0 Å². The molecule has 1 aromatic rings. The van der Waals surface area contributed by atoms with Crippen LogP contribution >= 0.6 is 0 Å². The van der Waals surface area contributed by atoms with Crippen molar-refractivity contribution in [2.24, 2.45) is 0 Å². The predicted octanol–water partition coefficient (Wildman–Crippen LogP) is 0.536. The van der Waals surface area contributed by atoms with Crippen LogP contribution in [0, 0.1) is 11.3 Å². The maximum absolute atomic E-state index is 8.97. The topological polar surface area (TPSA) is 64.8 Å². The van der Waals surface area contributed by atoms with Crippen molar-refractivity contribution in [1.29, 1.82) is 5.26 Å². The molecule has 2 heterocycles. The molecular formula is C11H15N5. The Bertz CT molecular complexity index is 392. The van der Waals surface area contributed by atoms with Gasteiger partial charge in [0.15, 0.2) is 5.82 Å². The molecule has 1 atom stereocenters. The molecule has 5 nitrogen and oxygen atoms in total. The zero-order valence-corrected chi connectivity index (χ0v) is 9.35. The molecule has 0 aromatic carbocycles. The number of nitrogens with zero attached hydrogens (tertiary/aromatic N) is 4. The van der Waals surface area contributed by atoms with Gasteiger partial charge in [-0.2, -0.15) is 10.4 Å². The van der Waals surface area contributed by atoms with Gasteiger partial charge in [-0.15, -0.1) is 5.10 Å². The molecule has 0 amide bonds. The molecule has 1 fully saturated rings. The molecule has 2 rings (SSSR count). The van der Waals surface area contributed by atoms with Crippen molar-refractivity contribution in [2.45, 2.75) is 18.9 Å². The van der Waals surface area contributed by atoms with Crippen LogP contribution in [0.25, 0.3) is 0 Å². The van der Waals surface area contributed by atoms with E-state index in [9.17, 15) is 0 Å². The van der Waals surface area contributed by atoms with E-state index in [0.29, 0.717) is 17.4 Å². The fraction of sp³-hybridized carbons (Fsp3) is 0.545. The first-order chi connectivity index (χ1) is 7.81. The van der Waals surface area contributed by atoms with E-state index in [1.54, 1.807) is 12.3 Å². The standard InChI is InChI=1S/C11H15N5/c1-16(8-10-3-2-5-13-10)11-9(7-12)4-6-14-15-11/h4,6,10,13H,2-3,5,8H2,1H3. The van der Waals surface area contributed by atoms with Crippen LogP contribution in [0.3, 0.4) is 0 Å². The molecule has 0 radical (unpaired) electrons. The summed E-state index contributed by atoms with van der Waals surface area (Å²) in [4.78, 5) is 1.99. The zero-order chi connectivity index (χ0) is 11.4. The Morgan fingerprint density at radius 1 is 1.69 bits per heavy atom. The minimum atomic E-state index is 0.499.